The average Bonchev–Trinajstić information content (AvgIpc) is 2.92. The van der Waals surface area contributed by atoms with E-state index in [0.29, 0.717) is 12.5 Å². The number of nitrogens with zero attached hydrogens (tertiary/aromatic N) is 1. The van der Waals surface area contributed by atoms with Gasteiger partial charge in [-0.1, -0.05) is 6.92 Å². The molecule has 1 aliphatic carbocycles. The van der Waals surface area contributed by atoms with Crippen LogP contribution in [-0.4, -0.2) is 43.7 Å². The van der Waals surface area contributed by atoms with Crippen molar-refractivity contribution >= 4 is 5.91 Å². The lowest BCUT2D eigenvalue weighted by Gasteiger charge is -2.20. The number of hydrogen-bond donors (Lipinski definition) is 1. The molecule has 3 rings (SSSR count). The number of methoxy groups -OCH3 is 1. The van der Waals surface area contributed by atoms with Crippen molar-refractivity contribution in [3.63, 3.8) is 0 Å². The number of carbonyl (C=O) groups is 1. The fraction of sp³-hybridized carbons (Fsp3) is 0.688. The first kappa shape index (κ1) is 14.6. The zero-order valence-electron chi connectivity index (χ0n) is 13.0. The summed E-state index contributed by atoms with van der Waals surface area (Å²) in [5, 5.41) is 3.22. The molecule has 1 N–H and O–H groups in total. The molecule has 5 heteroatoms. The first-order valence-corrected chi connectivity index (χ1v) is 7.68. The summed E-state index contributed by atoms with van der Waals surface area (Å²) in [6, 6.07) is 3.90. The lowest BCUT2D eigenvalue weighted by atomic mass is 10.2. The molecule has 5 nitrogen and oxygen atoms in total. The minimum absolute atomic E-state index is 0.104. The summed E-state index contributed by atoms with van der Waals surface area (Å²) in [4.78, 5) is 14.1. The Morgan fingerprint density at radius 1 is 1.48 bits per heavy atom. The van der Waals surface area contributed by atoms with E-state index in [2.05, 4.69) is 18.3 Å². The molecular formula is C16H24N2O3. The maximum atomic E-state index is 12.4. The number of rotatable bonds is 5. The number of hydrogen-bond acceptors (Lipinski definition) is 4. The second-order valence-electron chi connectivity index (χ2n) is 6.37. The highest BCUT2D eigenvalue weighted by molar-refractivity contribution is 5.82. The number of furan rings is 1. The summed E-state index contributed by atoms with van der Waals surface area (Å²) in [7, 11) is 3.51. The second kappa shape index (κ2) is 5.81. The Hall–Kier alpha value is -1.33. The highest BCUT2D eigenvalue weighted by Crippen LogP contribution is 2.47. The van der Waals surface area contributed by atoms with Crippen LogP contribution in [-0.2, 0) is 16.1 Å². The van der Waals surface area contributed by atoms with Crippen LogP contribution in [0.3, 0.4) is 0 Å². The molecule has 1 saturated carbocycles. The van der Waals surface area contributed by atoms with E-state index in [1.807, 2.05) is 13.1 Å². The predicted molar refractivity (Wildman–Crippen MR) is 78.9 cm³/mol. The molecule has 1 saturated heterocycles. The van der Waals surface area contributed by atoms with Crippen LogP contribution in [0.1, 0.15) is 37.2 Å². The van der Waals surface area contributed by atoms with Gasteiger partial charge in [-0.3, -0.25) is 4.79 Å². The van der Waals surface area contributed by atoms with Crippen LogP contribution >= 0.6 is 0 Å². The maximum absolute atomic E-state index is 12.4. The van der Waals surface area contributed by atoms with Crippen molar-refractivity contribution in [3.05, 3.63) is 23.7 Å². The lowest BCUT2D eigenvalue weighted by molar-refractivity contribution is -0.132. The predicted octanol–water partition coefficient (Wildman–Crippen LogP) is 1.74. The zero-order chi connectivity index (χ0) is 15.0. The summed E-state index contributed by atoms with van der Waals surface area (Å²) < 4.78 is 11.1. The highest BCUT2D eigenvalue weighted by atomic mass is 16.5. The van der Waals surface area contributed by atoms with E-state index in [-0.39, 0.29) is 18.1 Å². The van der Waals surface area contributed by atoms with Gasteiger partial charge in [0.15, 0.2) is 0 Å². The van der Waals surface area contributed by atoms with Crippen molar-refractivity contribution in [1.29, 1.82) is 0 Å². The van der Waals surface area contributed by atoms with Gasteiger partial charge in [-0.2, -0.15) is 0 Å². The highest BCUT2D eigenvalue weighted by Gasteiger charge is 2.37. The van der Waals surface area contributed by atoms with E-state index in [9.17, 15) is 4.79 Å². The Bertz CT molecular complexity index is 513. The van der Waals surface area contributed by atoms with Crippen LogP contribution in [0.25, 0.3) is 0 Å². The summed E-state index contributed by atoms with van der Waals surface area (Å²) in [6.07, 6.45) is 2.09. The molecule has 0 radical (unpaired) electrons. The largest absolute Gasteiger partial charge is 0.464 e. The molecule has 1 amide bonds. The van der Waals surface area contributed by atoms with E-state index < -0.39 is 0 Å². The number of carbonyl (C=O) groups excluding carboxylic acids is 1. The van der Waals surface area contributed by atoms with Crippen molar-refractivity contribution < 1.29 is 13.9 Å². The molecular weight excluding hydrogens is 268 g/mol. The van der Waals surface area contributed by atoms with Gasteiger partial charge in [-0.15, -0.1) is 0 Å². The molecule has 116 valence electrons. The Balaban J connectivity index is 1.54. The van der Waals surface area contributed by atoms with Gasteiger partial charge in [-0.05, 0) is 30.9 Å². The number of likely N-dealkylation sites (N-methyl/N-ethyl adjacent to an activating group) is 1. The van der Waals surface area contributed by atoms with Crippen LogP contribution in [0, 0.1) is 5.92 Å². The van der Waals surface area contributed by atoms with Gasteiger partial charge in [0.25, 0.3) is 0 Å². The van der Waals surface area contributed by atoms with E-state index in [0.717, 1.165) is 30.4 Å². The first-order valence-electron chi connectivity index (χ1n) is 7.68. The van der Waals surface area contributed by atoms with Gasteiger partial charge in [0.05, 0.1) is 18.7 Å². The minimum atomic E-state index is -0.141. The smallest absolute Gasteiger partial charge is 0.239 e. The van der Waals surface area contributed by atoms with E-state index >= 15 is 0 Å². The molecule has 2 fully saturated rings. The molecule has 21 heavy (non-hydrogen) atoms. The van der Waals surface area contributed by atoms with Crippen molar-refractivity contribution in [3.8, 4) is 0 Å². The van der Waals surface area contributed by atoms with Crippen LogP contribution in [0.2, 0.25) is 0 Å². The Morgan fingerprint density at radius 3 is 2.86 bits per heavy atom. The summed E-state index contributed by atoms with van der Waals surface area (Å²) in [5.74, 6) is 3.35. The van der Waals surface area contributed by atoms with Crippen LogP contribution in [0.5, 0.6) is 0 Å². The Kier molecular flexibility index (Phi) is 4.04. The van der Waals surface area contributed by atoms with Gasteiger partial charge in [0.1, 0.15) is 11.5 Å². The summed E-state index contributed by atoms with van der Waals surface area (Å²) in [6.45, 7) is 3.50. The van der Waals surface area contributed by atoms with E-state index in [1.165, 1.54) is 6.42 Å². The molecule has 4 unspecified atom stereocenters. The second-order valence-corrected chi connectivity index (χ2v) is 6.37. The van der Waals surface area contributed by atoms with Gasteiger partial charge in [0, 0.05) is 26.6 Å². The summed E-state index contributed by atoms with van der Waals surface area (Å²) in [5.41, 5.74) is 0. The number of amides is 1. The fourth-order valence-corrected chi connectivity index (χ4v) is 3.05. The summed E-state index contributed by atoms with van der Waals surface area (Å²) >= 11 is 0. The lowest BCUT2D eigenvalue weighted by Crippen LogP contribution is -2.41. The molecule has 1 aliphatic heterocycles. The molecule has 1 aromatic heterocycles. The van der Waals surface area contributed by atoms with Crippen molar-refractivity contribution in [2.45, 2.75) is 44.4 Å². The Labute approximate surface area is 125 Å². The normalized spacial score (nSPS) is 31.4. The molecule has 0 bridgehead atoms. The first-order chi connectivity index (χ1) is 10.1. The van der Waals surface area contributed by atoms with E-state index in [1.54, 1.807) is 12.0 Å². The van der Waals surface area contributed by atoms with Crippen LogP contribution in [0.15, 0.2) is 16.5 Å². The third-order valence-corrected chi connectivity index (χ3v) is 4.65. The Morgan fingerprint density at radius 2 is 2.24 bits per heavy atom. The molecule has 2 heterocycles. The maximum Gasteiger partial charge on any atom is 0.239 e. The molecule has 4 atom stereocenters. The number of nitrogens with one attached hydrogen (secondary N) is 1. The van der Waals surface area contributed by atoms with Gasteiger partial charge >= 0.3 is 0 Å². The molecule has 2 aliphatic rings. The monoisotopic (exact) mass is 292 g/mol. The van der Waals surface area contributed by atoms with Crippen molar-refractivity contribution in [2.24, 2.45) is 5.92 Å². The minimum Gasteiger partial charge on any atom is -0.464 e. The molecule has 0 spiro atoms. The average molecular weight is 292 g/mol. The third kappa shape index (κ3) is 3.14. The zero-order valence-corrected chi connectivity index (χ0v) is 13.0. The topological polar surface area (TPSA) is 54.7 Å². The molecule has 0 aromatic carbocycles. The number of ether oxygens (including phenoxy) is 1. The van der Waals surface area contributed by atoms with Crippen LogP contribution in [0.4, 0.5) is 0 Å². The third-order valence-electron chi connectivity index (χ3n) is 4.65. The van der Waals surface area contributed by atoms with Crippen molar-refractivity contribution in [1.82, 2.24) is 10.2 Å². The van der Waals surface area contributed by atoms with Gasteiger partial charge < -0.3 is 19.4 Å². The van der Waals surface area contributed by atoms with Gasteiger partial charge in [0.2, 0.25) is 5.91 Å². The quantitative estimate of drug-likeness (QED) is 0.898. The standard InChI is InChI=1S/C16H24N2O3/c1-10-6-13(10)15-5-4-11(21-15)9-18(2)16(19)14-7-12(20-3)8-17-14/h4-5,10,12-14,17H,6-9H2,1-3H3. The van der Waals surface area contributed by atoms with Crippen LogP contribution < -0.4 is 5.32 Å². The van der Waals surface area contributed by atoms with Crippen molar-refractivity contribution in [2.75, 3.05) is 20.7 Å². The van der Waals surface area contributed by atoms with Gasteiger partial charge in [-0.25, -0.2) is 0 Å². The molecule has 1 aromatic rings. The van der Waals surface area contributed by atoms with E-state index in [4.69, 9.17) is 9.15 Å². The SMILES string of the molecule is COC1CNC(C(=O)N(C)Cc2ccc(C3CC3C)o2)C1. The fourth-order valence-electron chi connectivity index (χ4n) is 3.05.